The second-order valence-electron chi connectivity index (χ2n) is 5.01. The average Bonchev–Trinajstić information content (AvgIpc) is 2.43. The number of carbonyl (C=O) groups is 2. The van der Waals surface area contributed by atoms with Crippen molar-refractivity contribution in [3.63, 3.8) is 0 Å². The van der Waals surface area contributed by atoms with E-state index in [1.807, 2.05) is 0 Å². The maximum Gasteiger partial charge on any atom is 0.237 e. The Morgan fingerprint density at radius 1 is 1.25 bits per heavy atom. The van der Waals surface area contributed by atoms with E-state index in [-0.39, 0.29) is 18.5 Å². The van der Waals surface area contributed by atoms with Crippen LogP contribution in [0.15, 0.2) is 0 Å². The van der Waals surface area contributed by atoms with Crippen molar-refractivity contribution in [1.82, 2.24) is 4.90 Å². The summed E-state index contributed by atoms with van der Waals surface area (Å²) in [6.07, 6.45) is 7.73. The molecule has 2 aliphatic rings. The molecule has 4 nitrogen and oxygen atoms in total. The number of hydrogen-bond donors (Lipinski definition) is 1. The van der Waals surface area contributed by atoms with Crippen molar-refractivity contribution in [3.05, 3.63) is 0 Å². The Morgan fingerprint density at radius 2 is 1.94 bits per heavy atom. The molecule has 2 atom stereocenters. The molecular weight excluding hydrogens is 204 g/mol. The first kappa shape index (κ1) is 11.4. The summed E-state index contributed by atoms with van der Waals surface area (Å²) in [4.78, 5) is 24.5. The van der Waals surface area contributed by atoms with Crippen LogP contribution in [-0.4, -0.2) is 29.3 Å². The Kier molecular flexibility index (Phi) is 3.46. The van der Waals surface area contributed by atoms with Crippen LogP contribution in [0, 0.1) is 5.92 Å². The normalized spacial score (nSPS) is 30.8. The van der Waals surface area contributed by atoms with E-state index >= 15 is 0 Å². The molecule has 0 bridgehead atoms. The molecular formula is C12H20N2O2. The van der Waals surface area contributed by atoms with Gasteiger partial charge in [-0.1, -0.05) is 25.7 Å². The molecule has 90 valence electrons. The number of carbonyl (C=O) groups excluding carboxylic acids is 2. The van der Waals surface area contributed by atoms with E-state index in [9.17, 15) is 9.59 Å². The van der Waals surface area contributed by atoms with Crippen LogP contribution in [0.2, 0.25) is 0 Å². The first-order valence-electron chi connectivity index (χ1n) is 6.26. The molecule has 1 aliphatic heterocycles. The predicted octanol–water partition coefficient (Wildman–Crippen LogP) is 1.04. The Hall–Kier alpha value is -1.06. The molecule has 1 saturated carbocycles. The summed E-state index contributed by atoms with van der Waals surface area (Å²) in [5.41, 5.74) is 5.19. The van der Waals surface area contributed by atoms with Gasteiger partial charge in [0.2, 0.25) is 11.8 Å². The van der Waals surface area contributed by atoms with Crippen molar-refractivity contribution >= 4 is 11.8 Å². The first-order chi connectivity index (χ1) is 7.68. The molecule has 0 unspecified atom stereocenters. The minimum Gasteiger partial charge on any atom is -0.368 e. The lowest BCUT2D eigenvalue weighted by atomic mass is 9.87. The SMILES string of the molecule is NC(=O)CN1C(=O)C[C@H]2CCCCCC[C@H]21. The smallest absolute Gasteiger partial charge is 0.237 e. The lowest BCUT2D eigenvalue weighted by Gasteiger charge is -2.28. The molecule has 1 saturated heterocycles. The van der Waals surface area contributed by atoms with Gasteiger partial charge in [0.05, 0.1) is 6.54 Å². The number of primary amides is 1. The van der Waals surface area contributed by atoms with E-state index < -0.39 is 5.91 Å². The molecule has 2 amide bonds. The zero-order chi connectivity index (χ0) is 11.5. The van der Waals surface area contributed by atoms with Crippen LogP contribution in [0.5, 0.6) is 0 Å². The predicted molar refractivity (Wildman–Crippen MR) is 60.5 cm³/mol. The van der Waals surface area contributed by atoms with Crippen molar-refractivity contribution in [2.24, 2.45) is 11.7 Å². The van der Waals surface area contributed by atoms with Gasteiger partial charge >= 0.3 is 0 Å². The van der Waals surface area contributed by atoms with Gasteiger partial charge in [0, 0.05) is 12.5 Å². The summed E-state index contributed by atoms with van der Waals surface area (Å²) in [5, 5.41) is 0. The lowest BCUT2D eigenvalue weighted by molar-refractivity contribution is -0.133. The van der Waals surface area contributed by atoms with Crippen LogP contribution < -0.4 is 5.73 Å². The standard InChI is InChI=1S/C12H20N2O2/c13-11(15)8-14-10-6-4-2-1-3-5-9(10)7-12(14)16/h9-10H,1-8H2,(H2,13,15)/t9-,10-/m1/s1. The number of rotatable bonds is 2. The molecule has 0 spiro atoms. The highest BCUT2D eigenvalue weighted by Gasteiger charge is 2.39. The topological polar surface area (TPSA) is 63.4 Å². The van der Waals surface area contributed by atoms with Crippen LogP contribution in [0.25, 0.3) is 0 Å². The van der Waals surface area contributed by atoms with Gasteiger partial charge in [-0.15, -0.1) is 0 Å². The first-order valence-corrected chi connectivity index (χ1v) is 6.26. The van der Waals surface area contributed by atoms with E-state index in [2.05, 4.69) is 0 Å². The zero-order valence-corrected chi connectivity index (χ0v) is 9.65. The maximum absolute atomic E-state index is 11.8. The Morgan fingerprint density at radius 3 is 2.62 bits per heavy atom. The molecule has 2 fully saturated rings. The van der Waals surface area contributed by atoms with Crippen LogP contribution in [-0.2, 0) is 9.59 Å². The van der Waals surface area contributed by atoms with Crippen LogP contribution >= 0.6 is 0 Å². The summed E-state index contributed by atoms with van der Waals surface area (Å²) in [7, 11) is 0. The number of nitrogens with two attached hydrogens (primary N) is 1. The van der Waals surface area contributed by atoms with E-state index in [4.69, 9.17) is 5.73 Å². The second-order valence-corrected chi connectivity index (χ2v) is 5.01. The molecule has 1 aliphatic carbocycles. The number of nitrogens with zero attached hydrogens (tertiary/aromatic N) is 1. The lowest BCUT2D eigenvalue weighted by Crippen LogP contribution is -2.41. The van der Waals surface area contributed by atoms with Gasteiger partial charge in [-0.3, -0.25) is 9.59 Å². The number of fused-ring (bicyclic) bond motifs is 1. The Balaban J connectivity index is 2.06. The van der Waals surface area contributed by atoms with Crippen LogP contribution in [0.3, 0.4) is 0 Å². The number of amides is 2. The summed E-state index contributed by atoms with van der Waals surface area (Å²) in [6.45, 7) is 0.111. The van der Waals surface area contributed by atoms with Gasteiger partial charge in [0.15, 0.2) is 0 Å². The van der Waals surface area contributed by atoms with Crippen molar-refractivity contribution in [2.45, 2.75) is 51.0 Å². The third kappa shape index (κ3) is 2.36. The fourth-order valence-electron chi connectivity index (χ4n) is 3.09. The molecule has 0 aromatic heterocycles. The monoisotopic (exact) mass is 224 g/mol. The van der Waals surface area contributed by atoms with Crippen molar-refractivity contribution in [3.8, 4) is 0 Å². The van der Waals surface area contributed by atoms with Crippen molar-refractivity contribution in [2.75, 3.05) is 6.54 Å². The van der Waals surface area contributed by atoms with Gasteiger partial charge in [0.1, 0.15) is 0 Å². The van der Waals surface area contributed by atoms with Crippen LogP contribution in [0.4, 0.5) is 0 Å². The Bertz CT molecular complexity index is 291. The third-order valence-electron chi connectivity index (χ3n) is 3.85. The molecule has 0 radical (unpaired) electrons. The molecule has 2 rings (SSSR count). The summed E-state index contributed by atoms with van der Waals surface area (Å²) < 4.78 is 0. The van der Waals surface area contributed by atoms with E-state index in [0.29, 0.717) is 12.3 Å². The molecule has 1 heterocycles. The zero-order valence-electron chi connectivity index (χ0n) is 9.65. The third-order valence-corrected chi connectivity index (χ3v) is 3.85. The molecule has 16 heavy (non-hydrogen) atoms. The highest BCUT2D eigenvalue weighted by molar-refractivity contribution is 5.85. The fraction of sp³-hybridized carbons (Fsp3) is 0.833. The van der Waals surface area contributed by atoms with E-state index in [0.717, 1.165) is 12.8 Å². The number of hydrogen-bond acceptors (Lipinski definition) is 2. The minimum absolute atomic E-state index is 0.111. The summed E-state index contributed by atoms with van der Waals surface area (Å²) >= 11 is 0. The van der Waals surface area contributed by atoms with Gasteiger partial charge in [-0.05, 0) is 18.8 Å². The highest BCUT2D eigenvalue weighted by Crippen LogP contribution is 2.34. The number of likely N-dealkylation sites (tertiary alicyclic amines) is 1. The van der Waals surface area contributed by atoms with Gasteiger partial charge in [-0.25, -0.2) is 0 Å². The molecule has 0 aromatic carbocycles. The largest absolute Gasteiger partial charge is 0.368 e. The van der Waals surface area contributed by atoms with Crippen molar-refractivity contribution < 1.29 is 9.59 Å². The fourth-order valence-corrected chi connectivity index (χ4v) is 3.09. The van der Waals surface area contributed by atoms with E-state index in [1.54, 1.807) is 4.90 Å². The minimum atomic E-state index is -0.393. The van der Waals surface area contributed by atoms with Crippen molar-refractivity contribution in [1.29, 1.82) is 0 Å². The summed E-state index contributed by atoms with van der Waals surface area (Å²) in [6, 6.07) is 0.278. The van der Waals surface area contributed by atoms with Gasteiger partial charge < -0.3 is 10.6 Å². The molecule has 4 heteroatoms. The van der Waals surface area contributed by atoms with Gasteiger partial charge in [-0.2, -0.15) is 0 Å². The highest BCUT2D eigenvalue weighted by atomic mass is 16.2. The molecule has 2 N–H and O–H groups in total. The Labute approximate surface area is 96.2 Å². The molecule has 0 aromatic rings. The van der Waals surface area contributed by atoms with E-state index in [1.165, 1.54) is 25.7 Å². The maximum atomic E-state index is 11.8. The average molecular weight is 224 g/mol. The summed E-state index contributed by atoms with van der Waals surface area (Å²) in [5.74, 6) is 0.193. The van der Waals surface area contributed by atoms with Gasteiger partial charge in [0.25, 0.3) is 0 Å². The second kappa shape index (κ2) is 4.85. The van der Waals surface area contributed by atoms with Crippen LogP contribution in [0.1, 0.15) is 44.9 Å². The quantitative estimate of drug-likeness (QED) is 0.761.